The lowest BCUT2D eigenvalue weighted by Crippen LogP contribution is -2.32. The first-order chi connectivity index (χ1) is 7.04. The first-order valence-electron chi connectivity index (χ1n) is 5.63. The van der Waals surface area contributed by atoms with E-state index >= 15 is 0 Å². The quantitative estimate of drug-likeness (QED) is 0.589. The van der Waals surface area contributed by atoms with Gasteiger partial charge in [-0.15, -0.1) is 0 Å². The van der Waals surface area contributed by atoms with Gasteiger partial charge in [-0.2, -0.15) is 0 Å². The van der Waals surface area contributed by atoms with Gasteiger partial charge in [0, 0.05) is 25.0 Å². The van der Waals surface area contributed by atoms with Gasteiger partial charge in [0.2, 0.25) is 5.91 Å². The van der Waals surface area contributed by atoms with Crippen molar-refractivity contribution >= 4 is 5.91 Å². The van der Waals surface area contributed by atoms with Gasteiger partial charge in [0.1, 0.15) is 0 Å². The first kappa shape index (κ1) is 14.4. The molecule has 0 unspecified atom stereocenters. The van der Waals surface area contributed by atoms with Crippen LogP contribution in [0.5, 0.6) is 0 Å². The second-order valence-corrected chi connectivity index (χ2v) is 4.17. The Morgan fingerprint density at radius 2 is 1.73 bits per heavy atom. The minimum atomic E-state index is 0.0487. The van der Waals surface area contributed by atoms with E-state index in [-0.39, 0.29) is 11.8 Å². The summed E-state index contributed by atoms with van der Waals surface area (Å²) in [7, 11) is 0. The lowest BCUT2D eigenvalue weighted by Gasteiger charge is -2.10. The van der Waals surface area contributed by atoms with Crippen LogP contribution in [0.3, 0.4) is 0 Å². The van der Waals surface area contributed by atoms with Crippen LogP contribution in [0.1, 0.15) is 27.7 Å². The highest BCUT2D eigenvalue weighted by atomic mass is 16.5. The molecule has 0 bridgehead atoms. The monoisotopic (exact) mass is 216 g/mol. The van der Waals surface area contributed by atoms with E-state index in [2.05, 4.69) is 24.5 Å². The Kier molecular flexibility index (Phi) is 8.33. The van der Waals surface area contributed by atoms with Gasteiger partial charge in [-0.1, -0.05) is 27.7 Å². The zero-order valence-electron chi connectivity index (χ0n) is 10.3. The van der Waals surface area contributed by atoms with Crippen molar-refractivity contribution in [2.45, 2.75) is 33.7 Å². The number of carbonyl (C=O) groups excluding carboxylic acids is 1. The van der Waals surface area contributed by atoms with Crippen LogP contribution in [-0.2, 0) is 9.53 Å². The number of ether oxygens (including phenoxy) is 1. The Morgan fingerprint density at radius 3 is 2.27 bits per heavy atom. The maximum Gasteiger partial charge on any atom is 0.222 e. The molecule has 2 N–H and O–H groups in total. The Bertz CT molecular complexity index is 170. The first-order valence-corrected chi connectivity index (χ1v) is 5.63. The summed E-state index contributed by atoms with van der Waals surface area (Å²) in [4.78, 5) is 11.1. The predicted octanol–water partition coefficient (Wildman–Crippen LogP) is 0.773. The highest BCUT2D eigenvalue weighted by Gasteiger charge is 2.04. The fraction of sp³-hybridized carbons (Fsp3) is 0.909. The maximum absolute atomic E-state index is 11.1. The highest BCUT2D eigenvalue weighted by molar-refractivity contribution is 5.77. The molecule has 0 aromatic rings. The molecule has 0 aliphatic carbocycles. The molecule has 0 aromatic heterocycles. The molecule has 0 atom stereocenters. The molecule has 15 heavy (non-hydrogen) atoms. The summed E-state index contributed by atoms with van der Waals surface area (Å²) in [5, 5.41) is 6.05. The van der Waals surface area contributed by atoms with Gasteiger partial charge in [-0.25, -0.2) is 0 Å². The average Bonchev–Trinajstić information content (AvgIpc) is 2.15. The van der Waals surface area contributed by atoms with Gasteiger partial charge in [0.05, 0.1) is 13.2 Å². The molecule has 0 saturated carbocycles. The molecule has 0 rings (SSSR count). The molecule has 0 aliphatic rings. The van der Waals surface area contributed by atoms with E-state index in [4.69, 9.17) is 4.74 Å². The number of hydrogen-bond acceptors (Lipinski definition) is 3. The van der Waals surface area contributed by atoms with Crippen LogP contribution in [0.25, 0.3) is 0 Å². The third-order valence-electron chi connectivity index (χ3n) is 1.87. The number of hydrogen-bond donors (Lipinski definition) is 2. The van der Waals surface area contributed by atoms with E-state index in [1.807, 2.05) is 13.8 Å². The predicted molar refractivity (Wildman–Crippen MR) is 61.8 cm³/mol. The molecule has 90 valence electrons. The van der Waals surface area contributed by atoms with Crippen molar-refractivity contribution in [3.05, 3.63) is 0 Å². The molecule has 0 aromatic carbocycles. The van der Waals surface area contributed by atoms with Gasteiger partial charge in [0.15, 0.2) is 0 Å². The van der Waals surface area contributed by atoms with Gasteiger partial charge in [0.25, 0.3) is 0 Å². The Balaban J connectivity index is 3.15. The molecule has 0 aliphatic heterocycles. The maximum atomic E-state index is 11.1. The summed E-state index contributed by atoms with van der Waals surface area (Å²) in [5.41, 5.74) is 0. The summed E-state index contributed by atoms with van der Waals surface area (Å²) in [6, 6.07) is 0.495. The number of rotatable bonds is 8. The average molecular weight is 216 g/mol. The van der Waals surface area contributed by atoms with E-state index in [1.54, 1.807) is 0 Å². The largest absolute Gasteiger partial charge is 0.378 e. The summed E-state index contributed by atoms with van der Waals surface area (Å²) >= 11 is 0. The van der Waals surface area contributed by atoms with Gasteiger partial charge in [-0.05, 0) is 0 Å². The summed E-state index contributed by atoms with van der Waals surface area (Å²) < 4.78 is 5.34. The number of nitrogens with one attached hydrogen (secondary N) is 2. The molecule has 4 nitrogen and oxygen atoms in total. The lowest BCUT2D eigenvalue weighted by atomic mass is 10.2. The Hall–Kier alpha value is -0.610. The molecule has 4 heteroatoms. The molecule has 0 fully saturated rings. The minimum Gasteiger partial charge on any atom is -0.378 e. The molecule has 0 saturated heterocycles. The van der Waals surface area contributed by atoms with E-state index in [1.165, 1.54) is 0 Å². The minimum absolute atomic E-state index is 0.0487. The normalized spacial score (nSPS) is 11.1. The zero-order chi connectivity index (χ0) is 11.7. The van der Waals surface area contributed by atoms with Crippen molar-refractivity contribution in [1.82, 2.24) is 10.6 Å². The van der Waals surface area contributed by atoms with Crippen LogP contribution in [0.4, 0.5) is 0 Å². The van der Waals surface area contributed by atoms with Gasteiger partial charge in [-0.3, -0.25) is 4.79 Å². The Labute approximate surface area is 92.8 Å². The molecular formula is C11H24N2O2. The Morgan fingerprint density at radius 1 is 1.13 bits per heavy atom. The van der Waals surface area contributed by atoms with Gasteiger partial charge < -0.3 is 15.4 Å². The fourth-order valence-corrected chi connectivity index (χ4v) is 0.972. The van der Waals surface area contributed by atoms with E-state index in [0.717, 1.165) is 6.54 Å². The van der Waals surface area contributed by atoms with Crippen LogP contribution in [0.15, 0.2) is 0 Å². The van der Waals surface area contributed by atoms with Crippen molar-refractivity contribution < 1.29 is 9.53 Å². The van der Waals surface area contributed by atoms with E-state index in [0.29, 0.717) is 25.8 Å². The SMILES string of the molecule is CC(C)NCCOCCNC(=O)C(C)C. The lowest BCUT2D eigenvalue weighted by molar-refractivity contribution is -0.124. The smallest absolute Gasteiger partial charge is 0.222 e. The number of amides is 1. The van der Waals surface area contributed by atoms with Crippen molar-refractivity contribution in [3.63, 3.8) is 0 Å². The van der Waals surface area contributed by atoms with Crippen molar-refractivity contribution in [3.8, 4) is 0 Å². The number of carbonyl (C=O) groups is 1. The van der Waals surface area contributed by atoms with Crippen LogP contribution in [0, 0.1) is 5.92 Å². The van der Waals surface area contributed by atoms with Crippen LogP contribution < -0.4 is 10.6 Å². The standard InChI is InChI=1S/C11H24N2O2/c1-9(2)11(14)13-6-8-15-7-5-12-10(3)4/h9-10,12H,5-8H2,1-4H3,(H,13,14). The van der Waals surface area contributed by atoms with Crippen molar-refractivity contribution in [1.29, 1.82) is 0 Å². The highest BCUT2D eigenvalue weighted by Crippen LogP contribution is 1.89. The van der Waals surface area contributed by atoms with E-state index < -0.39 is 0 Å². The van der Waals surface area contributed by atoms with E-state index in [9.17, 15) is 4.79 Å². The third-order valence-corrected chi connectivity index (χ3v) is 1.87. The molecule has 0 spiro atoms. The molecule has 0 radical (unpaired) electrons. The third kappa shape index (κ3) is 9.69. The fourth-order valence-electron chi connectivity index (χ4n) is 0.972. The van der Waals surface area contributed by atoms with Gasteiger partial charge >= 0.3 is 0 Å². The molecule has 0 heterocycles. The molecular weight excluding hydrogens is 192 g/mol. The zero-order valence-corrected chi connectivity index (χ0v) is 10.3. The van der Waals surface area contributed by atoms with Crippen LogP contribution in [0.2, 0.25) is 0 Å². The second kappa shape index (κ2) is 8.68. The van der Waals surface area contributed by atoms with Crippen LogP contribution >= 0.6 is 0 Å². The summed E-state index contributed by atoms with van der Waals surface area (Å²) in [5.74, 6) is 0.131. The van der Waals surface area contributed by atoms with Crippen LogP contribution in [-0.4, -0.2) is 38.3 Å². The molecule has 1 amide bonds. The topological polar surface area (TPSA) is 50.4 Å². The summed E-state index contributed by atoms with van der Waals surface area (Å²) in [6.45, 7) is 10.7. The second-order valence-electron chi connectivity index (χ2n) is 4.17. The summed E-state index contributed by atoms with van der Waals surface area (Å²) in [6.07, 6.45) is 0. The van der Waals surface area contributed by atoms with Crippen molar-refractivity contribution in [2.24, 2.45) is 5.92 Å². The van der Waals surface area contributed by atoms with Crippen molar-refractivity contribution in [2.75, 3.05) is 26.3 Å².